The molecule has 2 N–H and O–H groups in total. The Kier molecular flexibility index (Phi) is 9.40. The fourth-order valence-corrected chi connectivity index (χ4v) is 3.16. The Morgan fingerprint density at radius 1 is 0.947 bits per heavy atom. The van der Waals surface area contributed by atoms with Gasteiger partial charge in [-0.25, -0.2) is 10.2 Å². The minimum Gasteiger partial charge on any atom is -0.497 e. The highest BCUT2D eigenvalue weighted by Gasteiger charge is 2.21. The maximum absolute atomic E-state index is 12.5. The van der Waals surface area contributed by atoms with Crippen molar-refractivity contribution in [1.29, 1.82) is 0 Å². The van der Waals surface area contributed by atoms with Crippen LogP contribution in [0.1, 0.15) is 42.3 Å². The highest BCUT2D eigenvalue weighted by atomic mass is 35.5. The van der Waals surface area contributed by atoms with Crippen LogP contribution in [-0.4, -0.2) is 31.1 Å². The second kappa shape index (κ2) is 12.7. The fourth-order valence-electron chi connectivity index (χ4n) is 2.98. The van der Waals surface area contributed by atoms with E-state index in [4.69, 9.17) is 21.1 Å². The van der Waals surface area contributed by atoms with Gasteiger partial charge >= 0.3 is 5.97 Å². The molecular weight excluding hydrogens is 506 g/mol. The molecule has 2 amide bonds. The lowest BCUT2D eigenvalue weighted by atomic mass is 9.95. The number of amides is 2. The van der Waals surface area contributed by atoms with E-state index < -0.39 is 17.3 Å². The molecule has 0 fully saturated rings. The smallest absolute Gasteiger partial charge is 0.336 e. The number of rotatable bonds is 8. The zero-order valence-corrected chi connectivity index (χ0v) is 22.2. The van der Waals surface area contributed by atoms with Gasteiger partial charge in [0.1, 0.15) is 11.5 Å². The molecule has 0 heterocycles. The van der Waals surface area contributed by atoms with Gasteiger partial charge in [-0.1, -0.05) is 44.5 Å². The van der Waals surface area contributed by atoms with Gasteiger partial charge in [-0.2, -0.15) is 5.10 Å². The van der Waals surface area contributed by atoms with E-state index in [1.165, 1.54) is 18.4 Å². The molecule has 9 heteroatoms. The average Bonchev–Trinajstić information content (AvgIpc) is 2.89. The average molecular weight is 534 g/mol. The van der Waals surface area contributed by atoms with E-state index in [0.29, 0.717) is 27.6 Å². The number of esters is 1. The summed E-state index contributed by atoms with van der Waals surface area (Å²) < 4.78 is 10.5. The minimum absolute atomic E-state index is 0.131. The third kappa shape index (κ3) is 8.31. The van der Waals surface area contributed by atoms with Crippen LogP contribution in [0, 0.1) is 5.41 Å². The number of nitrogens with zero attached hydrogens (tertiary/aromatic N) is 1. The molecule has 0 saturated carbocycles. The summed E-state index contributed by atoms with van der Waals surface area (Å²) in [5.41, 5.74) is 4.00. The number of ether oxygens (including phenoxy) is 2. The molecule has 38 heavy (non-hydrogen) atoms. The number of carbonyl (C=O) groups is 3. The standard InChI is InChI=1S/C29H28ClN3O5/c1-29(2,3)28(36)32-23-11-8-20(9-12-23)27(35)33-31-18-21-17-22(30)10-15-25(21)38-26(34)16-7-19-5-13-24(37-4)14-6-19/h5-18H,1-4H3,(H,32,36)(H,33,35)/b16-7+,31-18+. The molecule has 0 unspecified atom stereocenters. The molecule has 0 spiro atoms. The van der Waals surface area contributed by atoms with Gasteiger partial charge in [0.05, 0.1) is 13.3 Å². The summed E-state index contributed by atoms with van der Waals surface area (Å²) in [5.74, 6) is -0.258. The van der Waals surface area contributed by atoms with Crippen LogP contribution in [0.25, 0.3) is 6.08 Å². The summed E-state index contributed by atoms with van der Waals surface area (Å²) in [6.07, 6.45) is 4.25. The number of halogens is 1. The molecule has 0 saturated heterocycles. The van der Waals surface area contributed by atoms with Crippen molar-refractivity contribution in [3.8, 4) is 11.5 Å². The first kappa shape index (κ1) is 28.1. The van der Waals surface area contributed by atoms with Crippen molar-refractivity contribution in [3.63, 3.8) is 0 Å². The molecule has 0 bridgehead atoms. The number of hydrazone groups is 1. The lowest BCUT2D eigenvalue weighted by Gasteiger charge is -2.17. The normalized spacial score (nSPS) is 11.4. The molecule has 0 atom stereocenters. The third-order valence-corrected chi connectivity index (χ3v) is 5.40. The van der Waals surface area contributed by atoms with Gasteiger partial charge in [0.2, 0.25) is 5.91 Å². The van der Waals surface area contributed by atoms with Gasteiger partial charge in [0.25, 0.3) is 5.91 Å². The predicted molar refractivity (Wildman–Crippen MR) is 149 cm³/mol. The van der Waals surface area contributed by atoms with E-state index in [9.17, 15) is 14.4 Å². The van der Waals surface area contributed by atoms with Crippen molar-refractivity contribution in [2.75, 3.05) is 12.4 Å². The molecule has 0 aliphatic rings. The Balaban J connectivity index is 1.62. The first-order valence-electron chi connectivity index (χ1n) is 11.6. The van der Waals surface area contributed by atoms with Gasteiger partial charge in [0.15, 0.2) is 0 Å². The summed E-state index contributed by atoms with van der Waals surface area (Å²) in [4.78, 5) is 36.9. The van der Waals surface area contributed by atoms with E-state index in [1.54, 1.807) is 73.8 Å². The van der Waals surface area contributed by atoms with Crippen LogP contribution in [0.15, 0.2) is 77.9 Å². The monoisotopic (exact) mass is 533 g/mol. The summed E-state index contributed by atoms with van der Waals surface area (Å²) in [5, 5.41) is 7.17. The number of anilines is 1. The second-order valence-electron chi connectivity index (χ2n) is 9.19. The van der Waals surface area contributed by atoms with Crippen molar-refractivity contribution >= 4 is 47.4 Å². The molecule has 0 aromatic heterocycles. The van der Waals surface area contributed by atoms with Gasteiger partial charge < -0.3 is 14.8 Å². The molecule has 3 aromatic carbocycles. The maximum atomic E-state index is 12.5. The van der Waals surface area contributed by atoms with E-state index in [1.807, 2.05) is 20.8 Å². The Morgan fingerprint density at radius 3 is 2.26 bits per heavy atom. The first-order valence-corrected chi connectivity index (χ1v) is 12.0. The number of carbonyl (C=O) groups excluding carboxylic acids is 3. The van der Waals surface area contributed by atoms with Gasteiger partial charge in [-0.3, -0.25) is 9.59 Å². The SMILES string of the molecule is COc1ccc(/C=C/C(=O)Oc2ccc(Cl)cc2/C=N/NC(=O)c2ccc(NC(=O)C(C)(C)C)cc2)cc1. The van der Waals surface area contributed by atoms with Crippen LogP contribution < -0.4 is 20.2 Å². The van der Waals surface area contributed by atoms with Crippen molar-refractivity contribution < 1.29 is 23.9 Å². The Labute approximate surface area is 226 Å². The molecule has 0 aliphatic carbocycles. The van der Waals surface area contributed by atoms with Crippen LogP contribution in [0.5, 0.6) is 11.5 Å². The van der Waals surface area contributed by atoms with Gasteiger partial charge in [-0.15, -0.1) is 0 Å². The predicted octanol–water partition coefficient (Wildman–Crippen LogP) is 5.72. The van der Waals surface area contributed by atoms with Gasteiger partial charge in [-0.05, 0) is 66.2 Å². The zero-order valence-electron chi connectivity index (χ0n) is 21.4. The first-order chi connectivity index (χ1) is 18.0. The van der Waals surface area contributed by atoms with E-state index in [2.05, 4.69) is 15.8 Å². The fraction of sp³-hybridized carbons (Fsp3) is 0.172. The molecule has 196 valence electrons. The van der Waals surface area contributed by atoms with Crippen LogP contribution in [-0.2, 0) is 9.59 Å². The number of hydrogen-bond acceptors (Lipinski definition) is 6. The molecule has 3 aromatic rings. The summed E-state index contributed by atoms with van der Waals surface area (Å²) >= 11 is 6.09. The Bertz CT molecular complexity index is 1360. The van der Waals surface area contributed by atoms with Crippen LogP contribution in [0.4, 0.5) is 5.69 Å². The van der Waals surface area contributed by atoms with Crippen LogP contribution in [0.3, 0.4) is 0 Å². The topological polar surface area (TPSA) is 106 Å². The maximum Gasteiger partial charge on any atom is 0.336 e. The Morgan fingerprint density at radius 2 is 1.63 bits per heavy atom. The van der Waals surface area contributed by atoms with Crippen molar-refractivity contribution in [1.82, 2.24) is 5.43 Å². The van der Waals surface area contributed by atoms with E-state index in [0.717, 1.165) is 5.56 Å². The zero-order chi connectivity index (χ0) is 27.7. The third-order valence-electron chi connectivity index (χ3n) is 5.17. The lowest BCUT2D eigenvalue weighted by Crippen LogP contribution is -2.27. The van der Waals surface area contributed by atoms with Gasteiger partial charge in [0, 0.05) is 33.3 Å². The Hall–Kier alpha value is -4.43. The molecule has 8 nitrogen and oxygen atoms in total. The van der Waals surface area contributed by atoms with Crippen molar-refractivity contribution in [2.24, 2.45) is 10.5 Å². The highest BCUT2D eigenvalue weighted by molar-refractivity contribution is 6.31. The molecule has 0 aliphatic heterocycles. The highest BCUT2D eigenvalue weighted by Crippen LogP contribution is 2.22. The van der Waals surface area contributed by atoms with Crippen molar-refractivity contribution in [3.05, 3.63) is 94.5 Å². The minimum atomic E-state index is -0.597. The molecular formula is C29H28ClN3O5. The number of hydrogen-bond donors (Lipinski definition) is 2. The number of methoxy groups -OCH3 is 1. The quantitative estimate of drug-likeness (QED) is 0.127. The summed E-state index contributed by atoms with van der Waals surface area (Å²) in [6.45, 7) is 5.44. The molecule has 3 rings (SSSR count). The van der Waals surface area contributed by atoms with Crippen LogP contribution >= 0.6 is 11.6 Å². The van der Waals surface area contributed by atoms with Crippen LogP contribution in [0.2, 0.25) is 5.02 Å². The number of benzene rings is 3. The van der Waals surface area contributed by atoms with Crippen molar-refractivity contribution in [2.45, 2.75) is 20.8 Å². The molecule has 0 radical (unpaired) electrons. The largest absolute Gasteiger partial charge is 0.497 e. The number of nitrogens with one attached hydrogen (secondary N) is 2. The van der Waals surface area contributed by atoms with E-state index >= 15 is 0 Å². The summed E-state index contributed by atoms with van der Waals surface area (Å²) in [6, 6.07) is 18.3. The summed E-state index contributed by atoms with van der Waals surface area (Å²) in [7, 11) is 1.58. The lowest BCUT2D eigenvalue weighted by molar-refractivity contribution is -0.129. The van der Waals surface area contributed by atoms with E-state index in [-0.39, 0.29) is 11.7 Å². The second-order valence-corrected chi connectivity index (χ2v) is 9.63.